The summed E-state index contributed by atoms with van der Waals surface area (Å²) in [6.07, 6.45) is 1.84. The second kappa shape index (κ2) is 4.17. The lowest BCUT2D eigenvalue weighted by atomic mass is 9.85. The molecule has 0 spiro atoms. The molecule has 0 aliphatic carbocycles. The van der Waals surface area contributed by atoms with Crippen LogP contribution in [0.4, 0.5) is 0 Å². The van der Waals surface area contributed by atoms with Crippen molar-refractivity contribution >= 4 is 23.2 Å². The van der Waals surface area contributed by atoms with Gasteiger partial charge in [-0.25, -0.2) is 0 Å². The second-order valence-corrected chi connectivity index (χ2v) is 4.53. The van der Waals surface area contributed by atoms with Crippen LogP contribution >= 0.6 is 23.2 Å². The van der Waals surface area contributed by atoms with E-state index in [1.54, 1.807) is 0 Å². The van der Waals surface area contributed by atoms with Gasteiger partial charge in [-0.1, -0.05) is 67.4 Å². The fraction of sp³-hybridized carbons (Fsp3) is 0.273. The average molecular weight is 215 g/mol. The Bertz CT molecular complexity index is 295. The van der Waals surface area contributed by atoms with Crippen molar-refractivity contribution < 1.29 is 0 Å². The van der Waals surface area contributed by atoms with Gasteiger partial charge in [-0.15, -0.1) is 0 Å². The molecule has 0 saturated heterocycles. The van der Waals surface area contributed by atoms with E-state index in [4.69, 9.17) is 23.2 Å². The third-order valence-corrected chi connectivity index (χ3v) is 2.21. The standard InChI is InChI=1S/C11H12Cl2/c1-11(2,8-10(12)13)9-6-4-3-5-7-9/h3-8H,1-2H3. The minimum Gasteiger partial charge on any atom is -0.0712 e. The molecule has 0 aromatic heterocycles. The zero-order valence-electron chi connectivity index (χ0n) is 7.72. The Balaban J connectivity index is 3.01. The second-order valence-electron chi connectivity index (χ2n) is 3.52. The Morgan fingerprint density at radius 2 is 1.69 bits per heavy atom. The van der Waals surface area contributed by atoms with E-state index in [2.05, 4.69) is 26.0 Å². The Morgan fingerprint density at radius 1 is 1.15 bits per heavy atom. The molecule has 1 aromatic rings. The summed E-state index contributed by atoms with van der Waals surface area (Å²) in [7, 11) is 0. The van der Waals surface area contributed by atoms with Crippen LogP contribution in [0.15, 0.2) is 40.9 Å². The number of halogens is 2. The highest BCUT2D eigenvalue weighted by Gasteiger charge is 2.17. The molecule has 0 fully saturated rings. The smallest absolute Gasteiger partial charge is 0.0712 e. The minimum atomic E-state index is -0.111. The van der Waals surface area contributed by atoms with E-state index in [1.165, 1.54) is 5.56 Å². The molecule has 0 radical (unpaired) electrons. The van der Waals surface area contributed by atoms with Gasteiger partial charge >= 0.3 is 0 Å². The first-order valence-corrected chi connectivity index (χ1v) is 4.87. The van der Waals surface area contributed by atoms with Gasteiger partial charge in [-0.3, -0.25) is 0 Å². The van der Waals surface area contributed by atoms with Gasteiger partial charge in [0.15, 0.2) is 0 Å². The summed E-state index contributed by atoms with van der Waals surface area (Å²) < 4.78 is 0.314. The van der Waals surface area contributed by atoms with Crippen molar-refractivity contribution in [2.45, 2.75) is 19.3 Å². The van der Waals surface area contributed by atoms with Crippen molar-refractivity contribution in [1.82, 2.24) is 0 Å². The van der Waals surface area contributed by atoms with Crippen LogP contribution in [0.5, 0.6) is 0 Å². The van der Waals surface area contributed by atoms with Crippen molar-refractivity contribution in [1.29, 1.82) is 0 Å². The van der Waals surface area contributed by atoms with Crippen LogP contribution in [0, 0.1) is 0 Å². The van der Waals surface area contributed by atoms with Crippen molar-refractivity contribution in [2.24, 2.45) is 0 Å². The van der Waals surface area contributed by atoms with Gasteiger partial charge in [-0.05, 0) is 11.6 Å². The van der Waals surface area contributed by atoms with Crippen LogP contribution < -0.4 is 0 Å². The summed E-state index contributed by atoms with van der Waals surface area (Å²) in [5.74, 6) is 0. The number of allylic oxidation sites excluding steroid dienone is 1. The van der Waals surface area contributed by atoms with Crippen LogP contribution in [-0.2, 0) is 5.41 Å². The minimum absolute atomic E-state index is 0.111. The molecule has 1 rings (SSSR count). The van der Waals surface area contributed by atoms with E-state index in [0.29, 0.717) is 4.49 Å². The van der Waals surface area contributed by atoms with Gasteiger partial charge in [0.25, 0.3) is 0 Å². The van der Waals surface area contributed by atoms with E-state index in [9.17, 15) is 0 Å². The average Bonchev–Trinajstić information content (AvgIpc) is 2.04. The Morgan fingerprint density at radius 3 is 2.15 bits per heavy atom. The van der Waals surface area contributed by atoms with Crippen LogP contribution in [-0.4, -0.2) is 0 Å². The van der Waals surface area contributed by atoms with Crippen LogP contribution in [0.1, 0.15) is 19.4 Å². The molecule has 0 saturated carbocycles. The molecule has 0 aliphatic heterocycles. The molecule has 13 heavy (non-hydrogen) atoms. The Hall–Kier alpha value is -0.460. The topological polar surface area (TPSA) is 0 Å². The normalized spacial score (nSPS) is 11.1. The molecule has 0 amide bonds. The largest absolute Gasteiger partial charge is 0.103 e. The van der Waals surface area contributed by atoms with Crippen LogP contribution in [0.2, 0.25) is 0 Å². The lowest BCUT2D eigenvalue weighted by molar-refractivity contribution is 0.670. The molecule has 0 atom stereocenters. The number of hydrogen-bond acceptors (Lipinski definition) is 0. The molecule has 1 aromatic carbocycles. The monoisotopic (exact) mass is 214 g/mol. The third kappa shape index (κ3) is 3.06. The molecule has 0 N–H and O–H groups in total. The maximum absolute atomic E-state index is 5.64. The number of benzene rings is 1. The predicted octanol–water partition coefficient (Wildman–Crippen LogP) is 4.28. The summed E-state index contributed by atoms with van der Waals surface area (Å²) >= 11 is 11.3. The van der Waals surface area contributed by atoms with Crippen molar-refractivity contribution in [3.63, 3.8) is 0 Å². The zero-order chi connectivity index (χ0) is 9.90. The summed E-state index contributed by atoms with van der Waals surface area (Å²) in [5, 5.41) is 0. The maximum Gasteiger partial charge on any atom is 0.103 e. The fourth-order valence-corrected chi connectivity index (χ4v) is 1.77. The summed E-state index contributed by atoms with van der Waals surface area (Å²) in [6, 6.07) is 10.1. The molecule has 0 nitrogen and oxygen atoms in total. The quantitative estimate of drug-likeness (QED) is 0.690. The predicted molar refractivity (Wildman–Crippen MR) is 59.3 cm³/mol. The van der Waals surface area contributed by atoms with Crippen LogP contribution in [0.3, 0.4) is 0 Å². The zero-order valence-corrected chi connectivity index (χ0v) is 9.23. The highest BCUT2D eigenvalue weighted by molar-refractivity contribution is 6.55. The summed E-state index contributed by atoms with van der Waals surface area (Å²) in [4.78, 5) is 0. The molecular formula is C11H12Cl2. The van der Waals surface area contributed by atoms with Crippen molar-refractivity contribution in [3.8, 4) is 0 Å². The van der Waals surface area contributed by atoms with Crippen molar-refractivity contribution in [2.75, 3.05) is 0 Å². The van der Waals surface area contributed by atoms with Gasteiger partial charge < -0.3 is 0 Å². The van der Waals surface area contributed by atoms with Crippen LogP contribution in [0.25, 0.3) is 0 Å². The van der Waals surface area contributed by atoms with Gasteiger partial charge in [0, 0.05) is 5.41 Å². The highest BCUT2D eigenvalue weighted by Crippen LogP contribution is 2.27. The van der Waals surface area contributed by atoms with E-state index in [-0.39, 0.29) is 5.41 Å². The number of rotatable bonds is 2. The van der Waals surface area contributed by atoms with Crippen molar-refractivity contribution in [3.05, 3.63) is 46.5 Å². The molecule has 0 unspecified atom stereocenters. The fourth-order valence-electron chi connectivity index (χ4n) is 1.22. The first-order chi connectivity index (χ1) is 6.02. The number of hydrogen-bond donors (Lipinski definition) is 0. The molecule has 0 heterocycles. The van der Waals surface area contributed by atoms with E-state index in [0.717, 1.165) is 0 Å². The lowest BCUT2D eigenvalue weighted by Crippen LogP contribution is -2.13. The van der Waals surface area contributed by atoms with Gasteiger partial charge in [0.05, 0.1) is 0 Å². The summed E-state index contributed by atoms with van der Waals surface area (Å²) in [5.41, 5.74) is 1.09. The van der Waals surface area contributed by atoms with Gasteiger partial charge in [0.1, 0.15) is 4.49 Å². The van der Waals surface area contributed by atoms with E-state index in [1.807, 2.05) is 24.3 Å². The first kappa shape index (κ1) is 10.6. The first-order valence-electron chi connectivity index (χ1n) is 4.12. The van der Waals surface area contributed by atoms with E-state index < -0.39 is 0 Å². The third-order valence-electron chi connectivity index (χ3n) is 1.99. The molecule has 2 heteroatoms. The Kier molecular flexibility index (Phi) is 3.40. The van der Waals surface area contributed by atoms with Gasteiger partial charge in [0.2, 0.25) is 0 Å². The highest BCUT2D eigenvalue weighted by atomic mass is 35.5. The molecule has 70 valence electrons. The van der Waals surface area contributed by atoms with Gasteiger partial charge in [-0.2, -0.15) is 0 Å². The molecular weight excluding hydrogens is 203 g/mol. The Labute approximate surface area is 89.2 Å². The molecule has 0 aliphatic rings. The summed E-state index contributed by atoms with van der Waals surface area (Å²) in [6.45, 7) is 4.15. The molecule has 0 bridgehead atoms. The lowest BCUT2D eigenvalue weighted by Gasteiger charge is -2.20. The van der Waals surface area contributed by atoms with E-state index >= 15 is 0 Å². The maximum atomic E-state index is 5.64. The SMILES string of the molecule is CC(C)(C=C(Cl)Cl)c1ccccc1.